The van der Waals surface area contributed by atoms with E-state index in [1.54, 1.807) is 0 Å². The average molecular weight is 360 g/mol. The first-order valence-corrected chi connectivity index (χ1v) is 9.57. The highest BCUT2D eigenvalue weighted by atomic mass is 16.1. The molecule has 1 heterocycles. The van der Waals surface area contributed by atoms with Crippen LogP contribution in [0.3, 0.4) is 0 Å². The summed E-state index contributed by atoms with van der Waals surface area (Å²) in [5, 5.41) is 3.45. The minimum Gasteiger partial charge on any atom is -0.369 e. The van der Waals surface area contributed by atoms with Gasteiger partial charge in [-0.25, -0.2) is 0 Å². The highest BCUT2D eigenvalue weighted by molar-refractivity contribution is 5.79. The van der Waals surface area contributed by atoms with Gasteiger partial charge in [-0.1, -0.05) is 30.3 Å². The number of amides is 1. The van der Waals surface area contributed by atoms with Gasteiger partial charge in [-0.3, -0.25) is 9.79 Å². The summed E-state index contributed by atoms with van der Waals surface area (Å²) in [6.45, 7) is 4.83. The topological polar surface area (TPSA) is 74.0 Å². The van der Waals surface area contributed by atoms with E-state index in [0.717, 1.165) is 64.4 Å². The largest absolute Gasteiger partial charge is 0.369 e. The molecule has 144 valence electrons. The molecule has 1 aliphatic rings. The maximum absolute atomic E-state index is 11.2. The molecule has 0 aromatic heterocycles. The molecule has 0 aliphatic carbocycles. The van der Waals surface area contributed by atoms with Gasteiger partial charge in [0.2, 0.25) is 5.91 Å². The predicted molar refractivity (Wildman–Crippen MR) is 107 cm³/mol. The van der Waals surface area contributed by atoms with Gasteiger partial charge in [-0.05, 0) is 50.9 Å². The summed E-state index contributed by atoms with van der Waals surface area (Å²) < 4.78 is 0. The van der Waals surface area contributed by atoms with E-state index in [1.165, 1.54) is 5.56 Å². The van der Waals surface area contributed by atoms with Gasteiger partial charge >= 0.3 is 0 Å². The Hall–Kier alpha value is -2.08. The number of likely N-dealkylation sites (tertiary alicyclic amines) is 1. The van der Waals surface area contributed by atoms with Crippen molar-refractivity contribution in [3.8, 4) is 0 Å². The maximum atomic E-state index is 11.2. The Balaban J connectivity index is 1.60. The zero-order chi connectivity index (χ0) is 18.8. The normalized spacial score (nSPS) is 16.5. The summed E-state index contributed by atoms with van der Waals surface area (Å²) in [6, 6.07) is 10.4. The lowest BCUT2D eigenvalue weighted by Gasteiger charge is -2.30. The number of nitrogens with zero attached hydrogens (tertiary/aromatic N) is 3. The molecule has 1 aromatic rings. The Morgan fingerprint density at radius 2 is 1.96 bits per heavy atom. The predicted octanol–water partition coefficient (Wildman–Crippen LogP) is 1.67. The standard InChI is InChI=1S/C20H33N5O/c1-22-20(24(2)16-17-8-4-3-5-9-17)23-12-6-7-13-25-14-10-18(11-15-25)19(21)26/h3-5,8-9,18H,6-7,10-16H2,1-2H3,(H2,21,26)(H,22,23). The molecule has 0 atom stereocenters. The molecule has 1 saturated heterocycles. The molecular weight excluding hydrogens is 326 g/mol. The molecule has 1 aliphatic heterocycles. The van der Waals surface area contributed by atoms with E-state index in [2.05, 4.69) is 51.4 Å². The van der Waals surface area contributed by atoms with E-state index < -0.39 is 0 Å². The molecule has 0 unspecified atom stereocenters. The third-order valence-electron chi connectivity index (χ3n) is 5.01. The fraction of sp³-hybridized carbons (Fsp3) is 0.600. The summed E-state index contributed by atoms with van der Waals surface area (Å²) >= 11 is 0. The first-order valence-electron chi connectivity index (χ1n) is 9.57. The highest BCUT2D eigenvalue weighted by Crippen LogP contribution is 2.16. The second-order valence-electron chi connectivity index (χ2n) is 7.04. The number of nitrogens with one attached hydrogen (secondary N) is 1. The number of guanidine groups is 1. The van der Waals surface area contributed by atoms with Gasteiger partial charge in [-0.2, -0.15) is 0 Å². The van der Waals surface area contributed by atoms with Crippen LogP contribution in [0.1, 0.15) is 31.2 Å². The number of carbonyl (C=O) groups is 1. The minimum absolute atomic E-state index is 0.0800. The lowest BCUT2D eigenvalue weighted by molar-refractivity contribution is -0.123. The summed E-state index contributed by atoms with van der Waals surface area (Å²) in [5.74, 6) is 0.868. The molecule has 0 radical (unpaired) electrons. The third kappa shape index (κ3) is 6.67. The molecule has 6 nitrogen and oxygen atoms in total. The van der Waals surface area contributed by atoms with Gasteiger partial charge in [0.25, 0.3) is 0 Å². The summed E-state index contributed by atoms with van der Waals surface area (Å²) in [7, 11) is 3.89. The second kappa shape index (κ2) is 10.8. The van der Waals surface area contributed by atoms with Gasteiger partial charge in [-0.15, -0.1) is 0 Å². The molecule has 0 bridgehead atoms. The zero-order valence-corrected chi connectivity index (χ0v) is 16.2. The van der Waals surface area contributed by atoms with Crippen molar-refractivity contribution in [3.63, 3.8) is 0 Å². The number of hydrogen-bond acceptors (Lipinski definition) is 3. The third-order valence-corrected chi connectivity index (χ3v) is 5.01. The van der Waals surface area contributed by atoms with Crippen LogP contribution >= 0.6 is 0 Å². The summed E-state index contributed by atoms with van der Waals surface area (Å²) in [4.78, 5) is 20.2. The van der Waals surface area contributed by atoms with Gasteiger partial charge in [0.1, 0.15) is 0 Å². The van der Waals surface area contributed by atoms with Crippen LogP contribution in [0.2, 0.25) is 0 Å². The van der Waals surface area contributed by atoms with Crippen molar-refractivity contribution in [1.82, 2.24) is 15.1 Å². The van der Waals surface area contributed by atoms with E-state index in [0.29, 0.717) is 0 Å². The number of primary amides is 1. The Bertz CT molecular complexity index is 567. The fourth-order valence-corrected chi connectivity index (χ4v) is 3.42. The molecule has 0 saturated carbocycles. The van der Waals surface area contributed by atoms with Crippen LogP contribution in [0.5, 0.6) is 0 Å². The zero-order valence-electron chi connectivity index (χ0n) is 16.2. The molecular formula is C20H33N5O. The molecule has 2 rings (SSSR count). The Morgan fingerprint density at radius 1 is 1.27 bits per heavy atom. The number of unbranched alkanes of at least 4 members (excludes halogenated alkanes) is 1. The van der Waals surface area contributed by atoms with Crippen LogP contribution in [-0.2, 0) is 11.3 Å². The van der Waals surface area contributed by atoms with Gasteiger partial charge < -0.3 is 20.9 Å². The minimum atomic E-state index is -0.139. The molecule has 26 heavy (non-hydrogen) atoms. The number of rotatable bonds is 8. The van der Waals surface area contributed by atoms with Gasteiger partial charge in [0.05, 0.1) is 0 Å². The first-order chi connectivity index (χ1) is 12.6. The SMILES string of the molecule is CN=C(NCCCCN1CCC(C(N)=O)CC1)N(C)Cc1ccccc1. The molecule has 1 aromatic carbocycles. The van der Waals surface area contributed by atoms with E-state index in [4.69, 9.17) is 5.73 Å². The number of nitrogens with two attached hydrogens (primary N) is 1. The van der Waals surface area contributed by atoms with Crippen molar-refractivity contribution in [2.24, 2.45) is 16.6 Å². The molecule has 1 amide bonds. The number of hydrogen-bond donors (Lipinski definition) is 2. The van der Waals surface area contributed by atoms with Crippen molar-refractivity contribution in [2.45, 2.75) is 32.2 Å². The van der Waals surface area contributed by atoms with E-state index >= 15 is 0 Å². The molecule has 6 heteroatoms. The highest BCUT2D eigenvalue weighted by Gasteiger charge is 2.22. The lowest BCUT2D eigenvalue weighted by atomic mass is 9.96. The Labute approximate surface area is 157 Å². The fourth-order valence-electron chi connectivity index (χ4n) is 3.42. The average Bonchev–Trinajstić information content (AvgIpc) is 2.65. The number of aliphatic imine (C=N–C) groups is 1. The quantitative estimate of drug-likeness (QED) is 0.421. The number of piperidine rings is 1. The van der Waals surface area contributed by atoms with E-state index in [-0.39, 0.29) is 11.8 Å². The van der Waals surface area contributed by atoms with E-state index in [1.807, 2.05) is 13.1 Å². The van der Waals surface area contributed by atoms with Crippen molar-refractivity contribution < 1.29 is 4.79 Å². The van der Waals surface area contributed by atoms with Gasteiger partial charge in [0.15, 0.2) is 5.96 Å². The number of benzene rings is 1. The van der Waals surface area contributed by atoms with Crippen LogP contribution in [0.4, 0.5) is 0 Å². The van der Waals surface area contributed by atoms with Crippen LogP contribution in [-0.4, -0.2) is 61.9 Å². The smallest absolute Gasteiger partial charge is 0.220 e. The van der Waals surface area contributed by atoms with Crippen LogP contribution in [0.15, 0.2) is 35.3 Å². The van der Waals surface area contributed by atoms with Crippen molar-refractivity contribution in [3.05, 3.63) is 35.9 Å². The van der Waals surface area contributed by atoms with Gasteiger partial charge in [0, 0.05) is 33.1 Å². The van der Waals surface area contributed by atoms with Crippen LogP contribution < -0.4 is 11.1 Å². The molecule has 3 N–H and O–H groups in total. The molecule has 0 spiro atoms. The Kier molecular flexibility index (Phi) is 8.41. The van der Waals surface area contributed by atoms with Crippen LogP contribution in [0.25, 0.3) is 0 Å². The summed E-state index contributed by atoms with van der Waals surface area (Å²) in [5.41, 5.74) is 6.66. The number of carbonyl (C=O) groups excluding carboxylic acids is 1. The summed E-state index contributed by atoms with van der Waals surface area (Å²) in [6.07, 6.45) is 4.07. The lowest BCUT2D eigenvalue weighted by Crippen LogP contribution is -2.40. The molecule has 1 fully saturated rings. The van der Waals surface area contributed by atoms with E-state index in [9.17, 15) is 4.79 Å². The van der Waals surface area contributed by atoms with Crippen molar-refractivity contribution in [2.75, 3.05) is 40.3 Å². The second-order valence-corrected chi connectivity index (χ2v) is 7.04. The maximum Gasteiger partial charge on any atom is 0.220 e. The van der Waals surface area contributed by atoms with Crippen molar-refractivity contribution >= 4 is 11.9 Å². The monoisotopic (exact) mass is 359 g/mol. The first kappa shape index (κ1) is 20.2. The van der Waals surface area contributed by atoms with Crippen LogP contribution in [0, 0.1) is 5.92 Å². The Morgan fingerprint density at radius 3 is 2.58 bits per heavy atom. The van der Waals surface area contributed by atoms with Crippen molar-refractivity contribution in [1.29, 1.82) is 0 Å².